The summed E-state index contributed by atoms with van der Waals surface area (Å²) in [7, 11) is 2.05. The summed E-state index contributed by atoms with van der Waals surface area (Å²) < 4.78 is 0. The van der Waals surface area contributed by atoms with Crippen LogP contribution in [0.5, 0.6) is 0 Å². The summed E-state index contributed by atoms with van der Waals surface area (Å²) in [5, 5.41) is 0. The van der Waals surface area contributed by atoms with Crippen LogP contribution in [0.25, 0.3) is 6.08 Å². The lowest BCUT2D eigenvalue weighted by Gasteiger charge is -2.21. The first-order chi connectivity index (χ1) is 6.83. The number of terminal acetylenes is 1. The van der Waals surface area contributed by atoms with E-state index >= 15 is 0 Å². The van der Waals surface area contributed by atoms with Gasteiger partial charge in [0, 0.05) is 0 Å². The average Bonchev–Trinajstić information content (AvgIpc) is 2.61. The van der Waals surface area contributed by atoms with Crippen molar-refractivity contribution in [1.29, 1.82) is 0 Å². The molecule has 1 aromatic rings. The lowest BCUT2D eigenvalue weighted by atomic mass is 10.1. The molecule has 0 N–H and O–H groups in total. The summed E-state index contributed by atoms with van der Waals surface area (Å²) in [4.78, 5) is 2.17. The number of benzene rings is 1. The quantitative estimate of drug-likeness (QED) is 0.692. The monoisotopic (exact) mass is 219 g/mol. The van der Waals surface area contributed by atoms with Crippen molar-refractivity contribution >= 4 is 18.5 Å². The highest BCUT2D eigenvalue weighted by atomic mass is 35.5. The van der Waals surface area contributed by atoms with E-state index in [4.69, 9.17) is 6.42 Å². The summed E-state index contributed by atoms with van der Waals surface area (Å²) in [6, 6.07) is 8.78. The Morgan fingerprint density at radius 2 is 2.13 bits per heavy atom. The van der Waals surface area contributed by atoms with Crippen LogP contribution < -0.4 is 0 Å². The first kappa shape index (κ1) is 11.8. The van der Waals surface area contributed by atoms with Gasteiger partial charge in [-0.25, -0.2) is 0 Å². The fourth-order valence-corrected chi connectivity index (χ4v) is 1.86. The van der Waals surface area contributed by atoms with Gasteiger partial charge >= 0.3 is 0 Å². The maximum atomic E-state index is 5.30. The number of likely N-dealkylation sites (N-methyl/N-ethyl adjacent to an activating group) is 1. The van der Waals surface area contributed by atoms with E-state index < -0.39 is 0 Å². The minimum Gasteiger partial charge on any atom is -0.285 e. The molecule has 0 heterocycles. The molecule has 1 atom stereocenters. The predicted molar refractivity (Wildman–Crippen MR) is 66.9 cm³/mol. The largest absolute Gasteiger partial charge is 0.285 e. The van der Waals surface area contributed by atoms with Crippen LogP contribution in [0.2, 0.25) is 0 Å². The molecule has 0 spiro atoms. The third-order valence-electron chi connectivity index (χ3n) is 2.59. The summed E-state index contributed by atoms with van der Waals surface area (Å²) >= 11 is 0. The lowest BCUT2D eigenvalue weighted by Crippen LogP contribution is -2.22. The zero-order chi connectivity index (χ0) is 9.97. The zero-order valence-corrected chi connectivity index (χ0v) is 9.50. The molecule has 1 aliphatic rings. The Bertz CT molecular complexity index is 403. The van der Waals surface area contributed by atoms with E-state index in [1.807, 2.05) is 0 Å². The van der Waals surface area contributed by atoms with Gasteiger partial charge in [0.2, 0.25) is 0 Å². The molecule has 1 aliphatic carbocycles. The van der Waals surface area contributed by atoms with Crippen LogP contribution in [-0.2, 0) is 0 Å². The van der Waals surface area contributed by atoms with Crippen molar-refractivity contribution in [3.8, 4) is 12.3 Å². The van der Waals surface area contributed by atoms with Crippen LogP contribution in [0.15, 0.2) is 30.3 Å². The van der Waals surface area contributed by atoms with Crippen LogP contribution in [0, 0.1) is 12.3 Å². The molecule has 1 nitrogen and oxygen atoms in total. The van der Waals surface area contributed by atoms with Crippen LogP contribution in [0.3, 0.4) is 0 Å². The van der Waals surface area contributed by atoms with E-state index in [9.17, 15) is 0 Å². The van der Waals surface area contributed by atoms with Gasteiger partial charge in [0.15, 0.2) is 0 Å². The molecule has 15 heavy (non-hydrogen) atoms. The minimum atomic E-state index is 0. The van der Waals surface area contributed by atoms with E-state index in [2.05, 4.69) is 54.3 Å². The van der Waals surface area contributed by atoms with Crippen molar-refractivity contribution in [3.63, 3.8) is 0 Å². The Morgan fingerprint density at radius 1 is 1.40 bits per heavy atom. The second-order valence-corrected chi connectivity index (χ2v) is 3.55. The summed E-state index contributed by atoms with van der Waals surface area (Å²) in [5.41, 5.74) is 2.66. The van der Waals surface area contributed by atoms with Gasteiger partial charge in [-0.05, 0) is 18.2 Å². The highest BCUT2D eigenvalue weighted by Gasteiger charge is 2.19. The van der Waals surface area contributed by atoms with Gasteiger partial charge < -0.3 is 0 Å². The lowest BCUT2D eigenvalue weighted by molar-refractivity contribution is 0.325. The molecule has 0 saturated heterocycles. The number of hydrogen-bond acceptors (Lipinski definition) is 1. The second kappa shape index (κ2) is 5.02. The fraction of sp³-hybridized carbons (Fsp3) is 0.231. The average molecular weight is 220 g/mol. The number of hydrogen-bond donors (Lipinski definition) is 0. The van der Waals surface area contributed by atoms with E-state index in [1.54, 1.807) is 0 Å². The van der Waals surface area contributed by atoms with Crippen LogP contribution >= 0.6 is 12.4 Å². The van der Waals surface area contributed by atoms with Gasteiger partial charge in [-0.2, -0.15) is 0 Å². The molecule has 0 aromatic heterocycles. The number of halogens is 1. The molecule has 0 fully saturated rings. The Labute approximate surface area is 97.2 Å². The second-order valence-electron chi connectivity index (χ2n) is 3.55. The molecule has 0 saturated carbocycles. The molecule has 1 aromatic carbocycles. The molecular formula is C13H14ClN. The molecule has 78 valence electrons. The van der Waals surface area contributed by atoms with E-state index in [-0.39, 0.29) is 12.4 Å². The Kier molecular flexibility index (Phi) is 3.96. The summed E-state index contributed by atoms with van der Waals surface area (Å²) in [5.74, 6) is 2.67. The highest BCUT2D eigenvalue weighted by Crippen LogP contribution is 2.31. The molecule has 0 aliphatic heterocycles. The smallest absolute Gasteiger partial charge is 0.0604 e. The predicted octanol–water partition coefficient (Wildman–Crippen LogP) is 2.74. The first-order valence-electron chi connectivity index (χ1n) is 4.74. The number of fused-ring (bicyclic) bond motifs is 1. The molecule has 1 unspecified atom stereocenters. The molecule has 0 bridgehead atoms. The topological polar surface area (TPSA) is 3.24 Å². The van der Waals surface area contributed by atoms with Crippen molar-refractivity contribution in [2.75, 3.05) is 13.6 Å². The van der Waals surface area contributed by atoms with Crippen molar-refractivity contribution in [2.24, 2.45) is 0 Å². The molecule has 2 rings (SSSR count). The third-order valence-corrected chi connectivity index (χ3v) is 2.59. The Balaban J connectivity index is 0.00000112. The van der Waals surface area contributed by atoms with Gasteiger partial charge in [-0.15, -0.1) is 18.8 Å². The van der Waals surface area contributed by atoms with Crippen molar-refractivity contribution < 1.29 is 0 Å². The first-order valence-corrected chi connectivity index (χ1v) is 4.74. The van der Waals surface area contributed by atoms with Gasteiger partial charge in [0.1, 0.15) is 0 Å². The van der Waals surface area contributed by atoms with E-state index in [1.165, 1.54) is 11.1 Å². The van der Waals surface area contributed by atoms with E-state index in [0.29, 0.717) is 12.6 Å². The number of nitrogens with zero attached hydrogens (tertiary/aromatic N) is 1. The van der Waals surface area contributed by atoms with Crippen LogP contribution in [-0.4, -0.2) is 18.5 Å². The van der Waals surface area contributed by atoms with Gasteiger partial charge in [-0.3, -0.25) is 4.90 Å². The number of rotatable bonds is 2. The standard InChI is InChI=1S/C13H13N.ClH/c1-3-10-14(2)13-9-8-11-6-4-5-7-12(11)13;/h1,4-9,13H,10H2,2H3;1H. The van der Waals surface area contributed by atoms with Crippen molar-refractivity contribution in [1.82, 2.24) is 4.90 Å². The SMILES string of the molecule is C#CCN(C)C1C=Cc2ccccc21.Cl. The normalized spacial score (nSPS) is 17.0. The highest BCUT2D eigenvalue weighted by molar-refractivity contribution is 5.85. The van der Waals surface area contributed by atoms with Gasteiger partial charge in [-0.1, -0.05) is 42.3 Å². The van der Waals surface area contributed by atoms with Crippen LogP contribution in [0.4, 0.5) is 0 Å². The van der Waals surface area contributed by atoms with Crippen molar-refractivity contribution in [2.45, 2.75) is 6.04 Å². The third kappa shape index (κ3) is 2.23. The van der Waals surface area contributed by atoms with Crippen molar-refractivity contribution in [3.05, 3.63) is 41.5 Å². The fourth-order valence-electron chi connectivity index (χ4n) is 1.86. The Morgan fingerprint density at radius 3 is 2.87 bits per heavy atom. The van der Waals surface area contributed by atoms with Crippen LogP contribution in [0.1, 0.15) is 17.2 Å². The molecule has 0 amide bonds. The minimum absolute atomic E-state index is 0. The Hall–Kier alpha value is -1.23. The van der Waals surface area contributed by atoms with E-state index in [0.717, 1.165) is 0 Å². The molecular weight excluding hydrogens is 206 g/mol. The maximum absolute atomic E-state index is 5.30. The molecule has 2 heteroatoms. The van der Waals surface area contributed by atoms with Gasteiger partial charge in [0.05, 0.1) is 12.6 Å². The summed E-state index contributed by atoms with van der Waals surface area (Å²) in [6.07, 6.45) is 9.66. The maximum Gasteiger partial charge on any atom is 0.0604 e. The van der Waals surface area contributed by atoms with Gasteiger partial charge in [0.25, 0.3) is 0 Å². The summed E-state index contributed by atoms with van der Waals surface area (Å²) in [6.45, 7) is 0.684. The zero-order valence-electron chi connectivity index (χ0n) is 8.68. The molecule has 0 radical (unpaired) electrons.